The minimum Gasteiger partial charge on any atom is -0.497 e. The highest BCUT2D eigenvalue weighted by Crippen LogP contribution is 2.32. The molecule has 0 bridgehead atoms. The van der Waals surface area contributed by atoms with Crippen LogP contribution in [0.25, 0.3) is 10.2 Å². The van der Waals surface area contributed by atoms with E-state index in [4.69, 9.17) is 23.9 Å². The van der Waals surface area contributed by atoms with Crippen molar-refractivity contribution in [2.24, 2.45) is 0 Å². The summed E-state index contributed by atoms with van der Waals surface area (Å²) in [4.78, 5) is 22.0. The van der Waals surface area contributed by atoms with Gasteiger partial charge in [0.15, 0.2) is 11.7 Å². The van der Waals surface area contributed by atoms with Crippen LogP contribution in [0.1, 0.15) is 6.42 Å². The number of hydrogen-bond acceptors (Lipinski definition) is 8. The zero-order chi connectivity index (χ0) is 23.0. The van der Waals surface area contributed by atoms with Gasteiger partial charge in [0.1, 0.15) is 17.2 Å². The molecule has 8 nitrogen and oxygen atoms in total. The number of hydrogen-bond donors (Lipinski definition) is 0. The van der Waals surface area contributed by atoms with Crippen molar-refractivity contribution in [1.29, 1.82) is 0 Å². The predicted molar refractivity (Wildman–Crippen MR) is 136 cm³/mol. The van der Waals surface area contributed by atoms with Crippen molar-refractivity contribution in [3.63, 3.8) is 0 Å². The van der Waals surface area contributed by atoms with E-state index in [0.717, 1.165) is 55.2 Å². The number of halogens is 1. The molecular formula is C24H30ClN3O5S. The summed E-state index contributed by atoms with van der Waals surface area (Å²) >= 11 is 1.48. The zero-order valence-electron chi connectivity index (χ0n) is 19.4. The number of aromatic nitrogens is 1. The van der Waals surface area contributed by atoms with Gasteiger partial charge in [0.2, 0.25) is 0 Å². The van der Waals surface area contributed by atoms with Crippen LogP contribution in [0.3, 0.4) is 0 Å². The maximum Gasteiger partial charge on any atom is 0.266 e. The summed E-state index contributed by atoms with van der Waals surface area (Å²) in [6, 6.07) is 13.0. The number of morpholine rings is 1. The molecule has 1 aromatic heterocycles. The molecule has 0 atom stereocenters. The standard InChI is InChI=1S/C24H29N3O5S.ClH/c1-29-18-5-3-6-20(15-18)32-17-23(28)27(10-4-9-26-11-13-31-14-12-26)24-25-21-8-7-19(30-2)16-22(21)33-24;/h3,5-8,15-16H,4,9-14,17H2,1-2H3;1H. The van der Waals surface area contributed by atoms with Crippen LogP contribution in [-0.4, -0.2) is 76.0 Å². The number of thiazole rings is 1. The second kappa shape index (κ2) is 12.8. The van der Waals surface area contributed by atoms with Crippen LogP contribution < -0.4 is 19.1 Å². The molecule has 0 N–H and O–H groups in total. The fraction of sp³-hybridized carbons (Fsp3) is 0.417. The number of carbonyl (C=O) groups is 1. The molecule has 0 unspecified atom stereocenters. The van der Waals surface area contributed by atoms with Crippen molar-refractivity contribution in [2.45, 2.75) is 6.42 Å². The Morgan fingerprint density at radius 2 is 1.82 bits per heavy atom. The van der Waals surface area contributed by atoms with Gasteiger partial charge in [0, 0.05) is 32.2 Å². The topological polar surface area (TPSA) is 73.4 Å². The molecule has 0 saturated carbocycles. The second-order valence-corrected chi connectivity index (χ2v) is 8.66. The largest absolute Gasteiger partial charge is 0.497 e. The van der Waals surface area contributed by atoms with Gasteiger partial charge in [-0.15, -0.1) is 12.4 Å². The number of benzene rings is 2. The Hall–Kier alpha value is -2.59. The van der Waals surface area contributed by atoms with E-state index in [-0.39, 0.29) is 24.9 Å². The van der Waals surface area contributed by atoms with Gasteiger partial charge in [-0.3, -0.25) is 14.6 Å². The van der Waals surface area contributed by atoms with Gasteiger partial charge in [0.25, 0.3) is 5.91 Å². The summed E-state index contributed by atoms with van der Waals surface area (Å²) < 4.78 is 22.7. The Labute approximate surface area is 209 Å². The minimum atomic E-state index is -0.134. The average Bonchev–Trinajstić information content (AvgIpc) is 3.28. The highest BCUT2D eigenvalue weighted by atomic mass is 35.5. The van der Waals surface area contributed by atoms with Crippen LogP contribution in [0, 0.1) is 0 Å². The van der Waals surface area contributed by atoms with Crippen LogP contribution in [0.5, 0.6) is 17.2 Å². The Morgan fingerprint density at radius 1 is 1.09 bits per heavy atom. The van der Waals surface area contributed by atoms with Gasteiger partial charge in [0.05, 0.1) is 37.6 Å². The van der Waals surface area contributed by atoms with E-state index in [1.165, 1.54) is 11.3 Å². The molecule has 0 radical (unpaired) electrons. The summed E-state index contributed by atoms with van der Waals surface area (Å²) in [5.41, 5.74) is 0.843. The minimum absolute atomic E-state index is 0. The number of nitrogens with zero attached hydrogens (tertiary/aromatic N) is 3. The SMILES string of the molecule is COc1cccc(OCC(=O)N(CCCN2CCOCC2)c2nc3ccc(OC)cc3s2)c1.Cl. The Balaban J connectivity index is 0.00000324. The van der Waals surface area contributed by atoms with Gasteiger partial charge in [-0.25, -0.2) is 4.98 Å². The monoisotopic (exact) mass is 507 g/mol. The van der Waals surface area contributed by atoms with Crippen molar-refractivity contribution < 1.29 is 23.7 Å². The van der Waals surface area contributed by atoms with Crippen LogP contribution in [0.4, 0.5) is 5.13 Å². The highest BCUT2D eigenvalue weighted by molar-refractivity contribution is 7.22. The van der Waals surface area contributed by atoms with Crippen LogP contribution in [0.2, 0.25) is 0 Å². The molecule has 1 aliphatic heterocycles. The quantitative estimate of drug-likeness (QED) is 0.412. The third kappa shape index (κ3) is 6.73. The van der Waals surface area contributed by atoms with E-state index < -0.39 is 0 Å². The van der Waals surface area contributed by atoms with Gasteiger partial charge >= 0.3 is 0 Å². The van der Waals surface area contributed by atoms with Gasteiger partial charge in [-0.1, -0.05) is 17.4 Å². The smallest absolute Gasteiger partial charge is 0.266 e. The molecule has 0 spiro atoms. The fourth-order valence-electron chi connectivity index (χ4n) is 3.65. The number of fused-ring (bicyclic) bond motifs is 1. The summed E-state index contributed by atoms with van der Waals surface area (Å²) in [6.07, 6.45) is 0.837. The molecule has 2 aromatic carbocycles. The fourth-order valence-corrected chi connectivity index (χ4v) is 4.69. The molecule has 1 amide bonds. The summed E-state index contributed by atoms with van der Waals surface area (Å²) in [7, 11) is 3.24. The lowest BCUT2D eigenvalue weighted by molar-refractivity contribution is -0.120. The van der Waals surface area contributed by atoms with Crippen molar-refractivity contribution >= 4 is 45.0 Å². The maximum absolute atomic E-state index is 13.2. The lowest BCUT2D eigenvalue weighted by atomic mass is 10.3. The van der Waals surface area contributed by atoms with E-state index in [0.29, 0.717) is 23.2 Å². The molecular weight excluding hydrogens is 478 g/mol. The maximum atomic E-state index is 13.2. The second-order valence-electron chi connectivity index (χ2n) is 7.65. The molecule has 1 aliphatic rings. The van der Waals surface area contributed by atoms with Crippen molar-refractivity contribution in [1.82, 2.24) is 9.88 Å². The molecule has 10 heteroatoms. The number of carbonyl (C=O) groups excluding carboxylic acids is 1. The van der Waals surface area contributed by atoms with E-state index in [1.807, 2.05) is 36.4 Å². The first kappa shape index (κ1) is 26.0. The first-order valence-corrected chi connectivity index (χ1v) is 11.8. The molecule has 1 saturated heterocycles. The lowest BCUT2D eigenvalue weighted by Crippen LogP contribution is -2.40. The van der Waals surface area contributed by atoms with Crippen LogP contribution >= 0.6 is 23.7 Å². The number of rotatable bonds is 10. The summed E-state index contributed by atoms with van der Waals surface area (Å²) in [5, 5.41) is 0.666. The molecule has 0 aliphatic carbocycles. The predicted octanol–water partition coefficient (Wildman–Crippen LogP) is 3.87. The highest BCUT2D eigenvalue weighted by Gasteiger charge is 2.21. The lowest BCUT2D eigenvalue weighted by Gasteiger charge is -2.27. The number of anilines is 1. The molecule has 4 rings (SSSR count). The Kier molecular flexibility index (Phi) is 9.76. The molecule has 34 heavy (non-hydrogen) atoms. The molecule has 2 heterocycles. The normalized spacial score (nSPS) is 13.8. The van der Waals surface area contributed by atoms with Gasteiger partial charge in [-0.2, -0.15) is 0 Å². The first-order valence-electron chi connectivity index (χ1n) is 11.0. The summed E-state index contributed by atoms with van der Waals surface area (Å²) in [6.45, 7) is 4.76. The van der Waals surface area contributed by atoms with Gasteiger partial charge < -0.3 is 18.9 Å². The van der Waals surface area contributed by atoms with E-state index in [9.17, 15) is 4.79 Å². The van der Waals surface area contributed by atoms with Crippen molar-refractivity contribution in [3.05, 3.63) is 42.5 Å². The van der Waals surface area contributed by atoms with Crippen molar-refractivity contribution in [2.75, 3.05) is 65.1 Å². The number of ether oxygens (including phenoxy) is 4. The molecule has 1 fully saturated rings. The zero-order valence-corrected chi connectivity index (χ0v) is 21.0. The average molecular weight is 508 g/mol. The third-order valence-electron chi connectivity index (χ3n) is 5.48. The van der Waals surface area contributed by atoms with E-state index in [2.05, 4.69) is 4.90 Å². The van der Waals surface area contributed by atoms with E-state index in [1.54, 1.807) is 25.2 Å². The van der Waals surface area contributed by atoms with Crippen LogP contribution in [-0.2, 0) is 9.53 Å². The molecule has 184 valence electrons. The van der Waals surface area contributed by atoms with E-state index >= 15 is 0 Å². The Bertz CT molecular complexity index is 1070. The summed E-state index contributed by atoms with van der Waals surface area (Å²) in [5.74, 6) is 1.91. The molecule has 3 aromatic rings. The van der Waals surface area contributed by atoms with Crippen molar-refractivity contribution in [3.8, 4) is 17.2 Å². The first-order chi connectivity index (χ1) is 16.2. The number of methoxy groups -OCH3 is 2. The van der Waals surface area contributed by atoms with Gasteiger partial charge in [-0.05, 0) is 36.8 Å². The Morgan fingerprint density at radius 3 is 2.59 bits per heavy atom. The van der Waals surface area contributed by atoms with Crippen LogP contribution in [0.15, 0.2) is 42.5 Å². The number of amides is 1. The third-order valence-corrected chi connectivity index (χ3v) is 6.52.